The normalized spacial score (nSPS) is 18.4. The van der Waals surface area contributed by atoms with Gasteiger partial charge in [-0.25, -0.2) is 9.97 Å². The summed E-state index contributed by atoms with van der Waals surface area (Å²) < 4.78 is 0. The number of aromatic nitrogens is 2. The van der Waals surface area contributed by atoms with E-state index in [9.17, 15) is 4.79 Å². The summed E-state index contributed by atoms with van der Waals surface area (Å²) in [7, 11) is 0. The number of nitrogens with zero attached hydrogens (tertiary/aromatic N) is 3. The van der Waals surface area contributed by atoms with Gasteiger partial charge in [0.1, 0.15) is 11.9 Å². The highest BCUT2D eigenvalue weighted by Gasteiger charge is 2.34. The topological polar surface area (TPSA) is 58.1 Å². The summed E-state index contributed by atoms with van der Waals surface area (Å²) in [5.74, 6) is 0.987. The number of fused-ring (bicyclic) bond motifs is 1. The summed E-state index contributed by atoms with van der Waals surface area (Å²) in [6, 6.07) is 10.2. The third kappa shape index (κ3) is 3.56. The minimum atomic E-state index is -0.255. The van der Waals surface area contributed by atoms with Gasteiger partial charge in [0.15, 0.2) is 0 Å². The fourth-order valence-electron chi connectivity index (χ4n) is 3.43. The van der Waals surface area contributed by atoms with Gasteiger partial charge in [-0.3, -0.25) is 9.69 Å². The Balaban J connectivity index is 1.61. The SMILES string of the molecule is CCc1ncc2c(n1)CN([C@H](C(=O)NC1CC1)c1ccccc1)CC2. The van der Waals surface area contributed by atoms with Gasteiger partial charge in [0.2, 0.25) is 5.91 Å². The molecule has 0 radical (unpaired) electrons. The van der Waals surface area contributed by atoms with E-state index in [-0.39, 0.29) is 11.9 Å². The van der Waals surface area contributed by atoms with Crippen LogP contribution in [0.25, 0.3) is 0 Å². The van der Waals surface area contributed by atoms with Gasteiger partial charge in [-0.1, -0.05) is 37.3 Å². The molecule has 1 fully saturated rings. The molecule has 1 aromatic heterocycles. The first-order valence-corrected chi connectivity index (χ1v) is 9.17. The third-order valence-electron chi connectivity index (χ3n) is 4.99. The molecule has 5 nitrogen and oxygen atoms in total. The van der Waals surface area contributed by atoms with Crippen molar-refractivity contribution in [1.29, 1.82) is 0 Å². The van der Waals surface area contributed by atoms with E-state index in [4.69, 9.17) is 4.98 Å². The number of nitrogens with one attached hydrogen (secondary N) is 1. The van der Waals surface area contributed by atoms with Gasteiger partial charge in [-0.2, -0.15) is 0 Å². The largest absolute Gasteiger partial charge is 0.352 e. The van der Waals surface area contributed by atoms with Crippen LogP contribution in [0.4, 0.5) is 0 Å². The van der Waals surface area contributed by atoms with E-state index in [0.29, 0.717) is 12.6 Å². The van der Waals surface area contributed by atoms with Crippen molar-refractivity contribution in [2.24, 2.45) is 0 Å². The molecule has 25 heavy (non-hydrogen) atoms. The molecular weight excluding hydrogens is 312 g/mol. The second-order valence-electron chi connectivity index (χ2n) is 6.93. The Morgan fingerprint density at radius 3 is 2.84 bits per heavy atom. The molecule has 0 saturated heterocycles. The molecule has 1 saturated carbocycles. The minimum absolute atomic E-state index is 0.113. The zero-order valence-corrected chi connectivity index (χ0v) is 14.6. The van der Waals surface area contributed by atoms with Crippen LogP contribution in [0.5, 0.6) is 0 Å². The minimum Gasteiger partial charge on any atom is -0.352 e. The van der Waals surface area contributed by atoms with Crippen molar-refractivity contribution in [3.63, 3.8) is 0 Å². The Bertz CT molecular complexity index is 758. The molecule has 0 spiro atoms. The lowest BCUT2D eigenvalue weighted by Crippen LogP contribution is -2.43. The highest BCUT2D eigenvalue weighted by Crippen LogP contribution is 2.29. The first kappa shape index (κ1) is 16.2. The highest BCUT2D eigenvalue weighted by molar-refractivity contribution is 5.83. The van der Waals surface area contributed by atoms with Crippen LogP contribution >= 0.6 is 0 Å². The van der Waals surface area contributed by atoms with E-state index in [2.05, 4.69) is 22.1 Å². The summed E-state index contributed by atoms with van der Waals surface area (Å²) in [6.07, 6.45) is 5.88. The van der Waals surface area contributed by atoms with Crippen LogP contribution in [0.15, 0.2) is 36.5 Å². The Kier molecular flexibility index (Phi) is 4.49. The van der Waals surface area contributed by atoms with Crippen molar-refractivity contribution in [2.45, 2.75) is 51.2 Å². The molecule has 5 heteroatoms. The molecule has 1 amide bonds. The maximum atomic E-state index is 12.9. The Morgan fingerprint density at radius 2 is 2.12 bits per heavy atom. The maximum Gasteiger partial charge on any atom is 0.242 e. The van der Waals surface area contributed by atoms with Gasteiger partial charge in [-0.15, -0.1) is 0 Å². The molecular formula is C20H24N4O. The van der Waals surface area contributed by atoms with Crippen LogP contribution < -0.4 is 5.32 Å². The number of carbonyl (C=O) groups is 1. The van der Waals surface area contributed by atoms with E-state index < -0.39 is 0 Å². The molecule has 1 aliphatic carbocycles. The van der Waals surface area contributed by atoms with Gasteiger partial charge >= 0.3 is 0 Å². The van der Waals surface area contributed by atoms with Crippen molar-refractivity contribution in [3.8, 4) is 0 Å². The Morgan fingerprint density at radius 1 is 1.32 bits per heavy atom. The number of aryl methyl sites for hydroxylation is 1. The number of amides is 1. The fraction of sp³-hybridized carbons (Fsp3) is 0.450. The zero-order chi connectivity index (χ0) is 17.2. The third-order valence-corrected chi connectivity index (χ3v) is 4.99. The fourth-order valence-corrected chi connectivity index (χ4v) is 3.43. The van der Waals surface area contributed by atoms with Crippen molar-refractivity contribution in [1.82, 2.24) is 20.2 Å². The van der Waals surface area contributed by atoms with Crippen molar-refractivity contribution in [3.05, 3.63) is 59.2 Å². The lowest BCUT2D eigenvalue weighted by molar-refractivity contribution is -0.127. The van der Waals surface area contributed by atoms with E-state index in [1.165, 1.54) is 5.56 Å². The summed E-state index contributed by atoms with van der Waals surface area (Å²) >= 11 is 0. The molecule has 2 heterocycles. The lowest BCUT2D eigenvalue weighted by Gasteiger charge is -2.34. The lowest BCUT2D eigenvalue weighted by atomic mass is 9.99. The summed E-state index contributed by atoms with van der Waals surface area (Å²) in [5.41, 5.74) is 3.33. The molecule has 1 aromatic carbocycles. The van der Waals surface area contributed by atoms with Gasteiger partial charge in [-0.05, 0) is 30.4 Å². The number of benzene rings is 1. The quantitative estimate of drug-likeness (QED) is 0.911. The van der Waals surface area contributed by atoms with Gasteiger partial charge < -0.3 is 5.32 Å². The molecule has 4 rings (SSSR count). The number of rotatable bonds is 5. The summed E-state index contributed by atoms with van der Waals surface area (Å²) in [5, 5.41) is 3.18. The van der Waals surface area contributed by atoms with E-state index in [1.54, 1.807) is 0 Å². The summed E-state index contributed by atoms with van der Waals surface area (Å²) in [4.78, 5) is 24.3. The van der Waals surface area contributed by atoms with E-state index >= 15 is 0 Å². The molecule has 1 atom stereocenters. The van der Waals surface area contributed by atoms with Crippen LogP contribution in [0.1, 0.15) is 48.5 Å². The average Bonchev–Trinajstić information content (AvgIpc) is 3.46. The predicted octanol–water partition coefficient (Wildman–Crippen LogP) is 2.42. The first-order chi connectivity index (χ1) is 12.2. The molecule has 2 aromatic rings. The molecule has 130 valence electrons. The average molecular weight is 336 g/mol. The Hall–Kier alpha value is -2.27. The van der Waals surface area contributed by atoms with Crippen LogP contribution in [-0.2, 0) is 24.2 Å². The molecule has 2 aliphatic rings. The first-order valence-electron chi connectivity index (χ1n) is 9.17. The monoisotopic (exact) mass is 336 g/mol. The van der Waals surface area contributed by atoms with Crippen molar-refractivity contribution < 1.29 is 4.79 Å². The molecule has 1 N–H and O–H groups in total. The number of carbonyl (C=O) groups excluding carboxylic acids is 1. The highest BCUT2D eigenvalue weighted by atomic mass is 16.2. The second-order valence-corrected chi connectivity index (χ2v) is 6.93. The molecule has 0 bridgehead atoms. The van der Waals surface area contributed by atoms with Gasteiger partial charge in [0, 0.05) is 31.7 Å². The van der Waals surface area contributed by atoms with Gasteiger partial charge in [0.25, 0.3) is 0 Å². The smallest absolute Gasteiger partial charge is 0.242 e. The Labute approximate surface area is 148 Å². The van der Waals surface area contributed by atoms with Crippen molar-refractivity contribution >= 4 is 5.91 Å². The molecule has 1 aliphatic heterocycles. The van der Waals surface area contributed by atoms with E-state index in [0.717, 1.165) is 49.3 Å². The zero-order valence-electron chi connectivity index (χ0n) is 14.6. The standard InChI is InChI=1S/C20H24N4O/c1-2-18-21-12-15-10-11-24(13-17(15)23-18)19(14-6-4-3-5-7-14)20(25)22-16-8-9-16/h3-7,12,16,19H,2,8-11,13H2,1H3,(H,22,25)/t19-/m0/s1. The van der Waals surface area contributed by atoms with Crippen LogP contribution in [0, 0.1) is 0 Å². The van der Waals surface area contributed by atoms with E-state index in [1.807, 2.05) is 36.5 Å². The van der Waals surface area contributed by atoms with Crippen LogP contribution in [-0.4, -0.2) is 33.4 Å². The number of hydrogen-bond acceptors (Lipinski definition) is 4. The van der Waals surface area contributed by atoms with Crippen molar-refractivity contribution in [2.75, 3.05) is 6.54 Å². The van der Waals surface area contributed by atoms with Crippen LogP contribution in [0.3, 0.4) is 0 Å². The summed E-state index contributed by atoms with van der Waals surface area (Å²) in [6.45, 7) is 3.61. The van der Waals surface area contributed by atoms with Gasteiger partial charge in [0.05, 0.1) is 5.69 Å². The maximum absolute atomic E-state index is 12.9. The predicted molar refractivity (Wildman–Crippen MR) is 95.9 cm³/mol. The second kappa shape index (κ2) is 6.92. The van der Waals surface area contributed by atoms with Crippen LogP contribution in [0.2, 0.25) is 0 Å². The number of hydrogen-bond donors (Lipinski definition) is 1. The molecule has 0 unspecified atom stereocenters.